The molecule has 2 saturated heterocycles. The molecule has 0 radical (unpaired) electrons. The number of halogens is 2. The van der Waals surface area contributed by atoms with Crippen LogP contribution in [-0.4, -0.2) is 34.6 Å². The van der Waals surface area contributed by atoms with Crippen molar-refractivity contribution < 1.29 is 12.8 Å². The van der Waals surface area contributed by atoms with Gasteiger partial charge in [-0.1, -0.05) is 15.9 Å². The first-order valence-corrected chi connectivity index (χ1v) is 8.64. The van der Waals surface area contributed by atoms with Crippen LogP contribution in [0.3, 0.4) is 0 Å². The normalized spacial score (nSPS) is 31.6. The molecule has 2 fully saturated rings. The number of pyridine rings is 1. The fraction of sp³-hybridized carbons (Fsp3) is 0.583. The second-order valence-corrected chi connectivity index (χ2v) is 8.13. The van der Waals surface area contributed by atoms with E-state index < -0.39 is 20.9 Å². The smallest absolute Gasteiger partial charge is 0.241 e. The van der Waals surface area contributed by atoms with Crippen LogP contribution < -0.4 is 0 Å². The van der Waals surface area contributed by atoms with E-state index in [0.29, 0.717) is 4.83 Å². The summed E-state index contributed by atoms with van der Waals surface area (Å²) >= 11 is 3.56. The van der Waals surface area contributed by atoms with Gasteiger partial charge in [-0.05, 0) is 37.8 Å². The van der Waals surface area contributed by atoms with Crippen molar-refractivity contribution in [3.63, 3.8) is 0 Å². The maximum absolute atomic E-state index is 13.7. The van der Waals surface area contributed by atoms with Crippen LogP contribution in [0.5, 0.6) is 0 Å². The van der Waals surface area contributed by atoms with E-state index in [2.05, 4.69) is 20.9 Å². The molecule has 104 valence electrons. The van der Waals surface area contributed by atoms with E-state index in [1.54, 1.807) is 0 Å². The number of alkyl halides is 1. The highest BCUT2D eigenvalue weighted by Gasteiger charge is 2.47. The van der Waals surface area contributed by atoms with Gasteiger partial charge in [-0.3, -0.25) is 0 Å². The zero-order valence-electron chi connectivity index (χ0n) is 10.2. The van der Waals surface area contributed by atoms with Crippen molar-refractivity contribution >= 4 is 26.0 Å². The van der Waals surface area contributed by atoms with E-state index in [9.17, 15) is 12.8 Å². The molecule has 2 unspecified atom stereocenters. The third kappa shape index (κ3) is 2.21. The van der Waals surface area contributed by atoms with Gasteiger partial charge in [0.15, 0.2) is 5.82 Å². The molecule has 2 bridgehead atoms. The number of hydrogen-bond donors (Lipinski definition) is 0. The number of aromatic nitrogens is 1. The second-order valence-electron chi connectivity index (χ2n) is 5.08. The van der Waals surface area contributed by atoms with Crippen molar-refractivity contribution in [3.8, 4) is 0 Å². The first-order chi connectivity index (χ1) is 9.00. The highest BCUT2D eigenvalue weighted by atomic mass is 79.9. The van der Waals surface area contributed by atoms with Crippen molar-refractivity contribution in [1.82, 2.24) is 9.29 Å². The SMILES string of the molecule is O=S(=O)(c1ncccc1F)N1C2CCC1CC(Br)C2. The van der Waals surface area contributed by atoms with Crippen LogP contribution in [-0.2, 0) is 10.0 Å². The van der Waals surface area contributed by atoms with Crippen LogP contribution in [0.15, 0.2) is 23.4 Å². The van der Waals surface area contributed by atoms with Gasteiger partial charge >= 0.3 is 0 Å². The fourth-order valence-electron chi connectivity index (χ4n) is 3.12. The van der Waals surface area contributed by atoms with Gasteiger partial charge in [0.1, 0.15) is 0 Å². The Bertz CT molecular complexity index is 581. The minimum absolute atomic E-state index is 0.0328. The van der Waals surface area contributed by atoms with E-state index in [1.165, 1.54) is 16.6 Å². The molecule has 4 nitrogen and oxygen atoms in total. The Morgan fingerprint density at radius 3 is 2.53 bits per heavy atom. The van der Waals surface area contributed by atoms with Gasteiger partial charge in [0.25, 0.3) is 10.0 Å². The van der Waals surface area contributed by atoms with Gasteiger partial charge in [0.05, 0.1) is 0 Å². The maximum Gasteiger partial charge on any atom is 0.264 e. The zero-order valence-corrected chi connectivity index (χ0v) is 12.6. The Morgan fingerprint density at radius 1 is 1.32 bits per heavy atom. The lowest BCUT2D eigenvalue weighted by Gasteiger charge is -2.35. The summed E-state index contributed by atoms with van der Waals surface area (Å²) in [5.41, 5.74) is 0. The molecule has 2 aliphatic heterocycles. The quantitative estimate of drug-likeness (QED) is 0.770. The Hall–Kier alpha value is -0.530. The lowest BCUT2D eigenvalue weighted by Crippen LogP contribution is -2.47. The zero-order chi connectivity index (χ0) is 13.6. The van der Waals surface area contributed by atoms with Crippen LogP contribution >= 0.6 is 15.9 Å². The van der Waals surface area contributed by atoms with E-state index in [4.69, 9.17) is 0 Å². The van der Waals surface area contributed by atoms with Crippen molar-refractivity contribution in [2.45, 2.75) is 47.6 Å². The highest BCUT2D eigenvalue weighted by Crippen LogP contribution is 2.41. The number of hydrogen-bond acceptors (Lipinski definition) is 3. The van der Waals surface area contributed by atoms with E-state index in [0.717, 1.165) is 31.7 Å². The fourth-order valence-corrected chi connectivity index (χ4v) is 5.86. The van der Waals surface area contributed by atoms with Crippen molar-refractivity contribution in [3.05, 3.63) is 24.1 Å². The standard InChI is InChI=1S/C12H14BrFN2O2S/c13-8-6-9-3-4-10(7-8)16(9)19(17,18)12-11(14)2-1-5-15-12/h1-2,5,8-10H,3-4,6-7H2. The Morgan fingerprint density at radius 2 is 1.95 bits per heavy atom. The molecule has 1 aromatic rings. The molecular weight excluding hydrogens is 335 g/mol. The van der Waals surface area contributed by atoms with Gasteiger partial charge in [-0.25, -0.2) is 17.8 Å². The molecule has 2 atom stereocenters. The number of rotatable bonds is 2. The van der Waals surface area contributed by atoms with Crippen LogP contribution in [0.2, 0.25) is 0 Å². The van der Waals surface area contributed by atoms with Crippen molar-refractivity contribution in [2.24, 2.45) is 0 Å². The molecule has 2 aliphatic rings. The molecule has 0 saturated carbocycles. The van der Waals surface area contributed by atoms with Crippen molar-refractivity contribution in [1.29, 1.82) is 0 Å². The Balaban J connectivity index is 2.01. The summed E-state index contributed by atoms with van der Waals surface area (Å²) in [5, 5.41) is -0.445. The Labute approximate surface area is 120 Å². The second kappa shape index (κ2) is 4.79. The predicted molar refractivity (Wildman–Crippen MR) is 72.0 cm³/mol. The molecule has 7 heteroatoms. The number of fused-ring (bicyclic) bond motifs is 2. The maximum atomic E-state index is 13.7. The molecule has 0 aromatic carbocycles. The van der Waals surface area contributed by atoms with Gasteiger partial charge in [-0.15, -0.1) is 0 Å². The highest BCUT2D eigenvalue weighted by molar-refractivity contribution is 9.09. The summed E-state index contributed by atoms with van der Waals surface area (Å²) in [7, 11) is -3.83. The minimum atomic E-state index is -3.83. The predicted octanol–water partition coefficient (Wildman–Crippen LogP) is 2.30. The third-order valence-electron chi connectivity index (χ3n) is 3.86. The van der Waals surface area contributed by atoms with Gasteiger partial charge in [0.2, 0.25) is 5.03 Å². The molecule has 19 heavy (non-hydrogen) atoms. The summed E-state index contributed by atoms with van der Waals surface area (Å²) in [6.45, 7) is 0. The van der Waals surface area contributed by atoms with Crippen LogP contribution in [0.4, 0.5) is 4.39 Å². The number of nitrogens with zero attached hydrogens (tertiary/aromatic N) is 2. The average molecular weight is 349 g/mol. The molecule has 3 rings (SSSR count). The molecular formula is C12H14BrFN2O2S. The van der Waals surface area contributed by atoms with E-state index >= 15 is 0 Å². The van der Waals surface area contributed by atoms with Gasteiger partial charge in [-0.2, -0.15) is 4.31 Å². The Kier molecular flexibility index (Phi) is 3.39. The van der Waals surface area contributed by atoms with Crippen LogP contribution in [0, 0.1) is 5.82 Å². The molecule has 0 spiro atoms. The summed E-state index contributed by atoms with van der Waals surface area (Å²) in [6, 6.07) is 2.47. The summed E-state index contributed by atoms with van der Waals surface area (Å²) in [6.07, 6.45) is 4.57. The lowest BCUT2D eigenvalue weighted by atomic mass is 10.1. The first-order valence-electron chi connectivity index (χ1n) is 6.28. The molecule has 0 amide bonds. The third-order valence-corrected chi connectivity index (χ3v) is 6.54. The van der Waals surface area contributed by atoms with E-state index in [1.807, 2.05) is 0 Å². The van der Waals surface area contributed by atoms with E-state index in [-0.39, 0.29) is 12.1 Å². The monoisotopic (exact) mass is 348 g/mol. The summed E-state index contributed by atoms with van der Waals surface area (Å²) < 4.78 is 40.4. The number of sulfonamides is 1. The number of piperidine rings is 1. The van der Waals surface area contributed by atoms with Crippen molar-refractivity contribution in [2.75, 3.05) is 0 Å². The summed E-state index contributed by atoms with van der Waals surface area (Å²) in [5.74, 6) is -0.775. The summed E-state index contributed by atoms with van der Waals surface area (Å²) in [4.78, 5) is 4.08. The topological polar surface area (TPSA) is 50.3 Å². The van der Waals surface area contributed by atoms with Gasteiger partial charge in [0, 0.05) is 23.1 Å². The average Bonchev–Trinajstić information content (AvgIpc) is 2.63. The molecule has 3 heterocycles. The minimum Gasteiger partial charge on any atom is -0.241 e. The largest absolute Gasteiger partial charge is 0.264 e. The lowest BCUT2D eigenvalue weighted by molar-refractivity contribution is 0.253. The molecule has 1 aromatic heterocycles. The molecule has 0 aliphatic carbocycles. The van der Waals surface area contributed by atoms with Crippen LogP contribution in [0.1, 0.15) is 25.7 Å². The van der Waals surface area contributed by atoms with Gasteiger partial charge < -0.3 is 0 Å². The first kappa shape index (κ1) is 13.5. The van der Waals surface area contributed by atoms with Crippen LogP contribution in [0.25, 0.3) is 0 Å². The molecule has 0 N–H and O–H groups in total.